The zero-order valence-corrected chi connectivity index (χ0v) is 14.9. The molecule has 1 amide bonds. The molecule has 0 spiro atoms. The summed E-state index contributed by atoms with van der Waals surface area (Å²) in [6.07, 6.45) is 3.49. The van der Waals surface area contributed by atoms with Crippen LogP contribution in [-0.4, -0.2) is 11.7 Å². The number of hydrogen-bond donors (Lipinski definition) is 1. The van der Waals surface area contributed by atoms with Crippen molar-refractivity contribution in [2.75, 3.05) is 11.1 Å². The lowest BCUT2D eigenvalue weighted by molar-refractivity contribution is -0.113. The normalized spacial score (nSPS) is 13.0. The molecule has 0 atom stereocenters. The van der Waals surface area contributed by atoms with E-state index in [1.165, 1.54) is 17.5 Å². The average Bonchev–Trinajstić information content (AvgIpc) is 2.98. The lowest BCUT2D eigenvalue weighted by atomic mass is 10.1. The van der Waals surface area contributed by atoms with Crippen LogP contribution in [-0.2, 0) is 23.4 Å². The van der Waals surface area contributed by atoms with E-state index >= 15 is 0 Å². The van der Waals surface area contributed by atoms with Crippen LogP contribution in [0, 0.1) is 0 Å². The molecule has 0 unspecified atom stereocenters. The Morgan fingerprint density at radius 3 is 2.70 bits per heavy atom. The molecule has 0 saturated carbocycles. The third-order valence-electron chi connectivity index (χ3n) is 3.87. The molecule has 0 radical (unpaired) electrons. The monoisotopic (exact) mass is 365 g/mol. The summed E-state index contributed by atoms with van der Waals surface area (Å²) in [5, 5.41) is 4.07. The summed E-state index contributed by atoms with van der Waals surface area (Å²) in [5.74, 6) is 1.17. The smallest absolute Gasteiger partial charge is 0.234 e. The van der Waals surface area contributed by atoms with Gasteiger partial charge in [0.15, 0.2) is 0 Å². The Bertz CT molecular complexity index is 733. The third kappa shape index (κ3) is 4.43. The van der Waals surface area contributed by atoms with Crippen LogP contribution in [0.3, 0.4) is 0 Å². The standard InChI is InChI=1S/C18H17Cl2NOS/c19-16-7-4-12(8-17(16)20)10-23-11-18(22)21-15-6-5-13-2-1-3-14(13)9-15/h4-9H,1-3,10-11H2,(H,21,22). The third-order valence-corrected chi connectivity index (χ3v) is 5.61. The molecule has 1 aliphatic carbocycles. The molecular weight excluding hydrogens is 349 g/mol. The maximum atomic E-state index is 12.0. The first kappa shape index (κ1) is 16.7. The number of nitrogens with one attached hydrogen (secondary N) is 1. The summed E-state index contributed by atoms with van der Waals surface area (Å²) in [5.41, 5.74) is 4.74. The van der Waals surface area contributed by atoms with E-state index in [0.29, 0.717) is 15.8 Å². The molecule has 1 aliphatic rings. The molecule has 0 aromatic heterocycles. The van der Waals surface area contributed by atoms with E-state index in [-0.39, 0.29) is 5.91 Å². The highest BCUT2D eigenvalue weighted by Gasteiger charge is 2.12. The lowest BCUT2D eigenvalue weighted by Gasteiger charge is -2.08. The Kier molecular flexibility index (Phi) is 5.52. The molecule has 0 saturated heterocycles. The second-order valence-electron chi connectivity index (χ2n) is 5.63. The molecule has 0 heterocycles. The number of thioether (sulfide) groups is 1. The largest absolute Gasteiger partial charge is 0.325 e. The van der Waals surface area contributed by atoms with Crippen LogP contribution in [0.4, 0.5) is 5.69 Å². The Morgan fingerprint density at radius 2 is 1.87 bits per heavy atom. The molecule has 5 heteroatoms. The zero-order valence-electron chi connectivity index (χ0n) is 12.6. The number of aryl methyl sites for hydroxylation is 2. The molecule has 0 fully saturated rings. The fourth-order valence-corrected chi connectivity index (χ4v) is 3.83. The maximum absolute atomic E-state index is 12.0. The van der Waals surface area contributed by atoms with E-state index in [1.807, 2.05) is 18.2 Å². The van der Waals surface area contributed by atoms with Crippen LogP contribution < -0.4 is 5.32 Å². The number of anilines is 1. The van der Waals surface area contributed by atoms with Crippen LogP contribution in [0.15, 0.2) is 36.4 Å². The Morgan fingerprint density at radius 1 is 1.04 bits per heavy atom. The molecule has 0 bridgehead atoms. The second-order valence-corrected chi connectivity index (χ2v) is 7.43. The van der Waals surface area contributed by atoms with Gasteiger partial charge in [-0.2, -0.15) is 0 Å². The molecule has 2 aromatic rings. The zero-order chi connectivity index (χ0) is 16.2. The van der Waals surface area contributed by atoms with Gasteiger partial charge in [-0.15, -0.1) is 11.8 Å². The summed E-state index contributed by atoms with van der Waals surface area (Å²) in [6.45, 7) is 0. The first-order valence-electron chi connectivity index (χ1n) is 7.55. The maximum Gasteiger partial charge on any atom is 0.234 e. The topological polar surface area (TPSA) is 29.1 Å². The van der Waals surface area contributed by atoms with Gasteiger partial charge in [0.05, 0.1) is 15.8 Å². The van der Waals surface area contributed by atoms with Gasteiger partial charge in [-0.05, 0) is 60.2 Å². The van der Waals surface area contributed by atoms with Gasteiger partial charge in [-0.1, -0.05) is 35.3 Å². The van der Waals surface area contributed by atoms with Crippen molar-refractivity contribution in [3.05, 3.63) is 63.1 Å². The molecule has 1 N–H and O–H groups in total. The van der Waals surface area contributed by atoms with Gasteiger partial charge in [0.1, 0.15) is 0 Å². The highest BCUT2D eigenvalue weighted by atomic mass is 35.5. The van der Waals surface area contributed by atoms with Gasteiger partial charge in [0.2, 0.25) is 5.91 Å². The molecule has 3 rings (SSSR count). The fraction of sp³-hybridized carbons (Fsp3) is 0.278. The summed E-state index contributed by atoms with van der Waals surface area (Å²) in [6, 6.07) is 11.8. The fourth-order valence-electron chi connectivity index (χ4n) is 2.74. The molecule has 2 nitrogen and oxygen atoms in total. The van der Waals surface area contributed by atoms with Crippen molar-refractivity contribution in [3.8, 4) is 0 Å². The summed E-state index contributed by atoms with van der Waals surface area (Å²) in [4.78, 5) is 12.0. The van der Waals surface area contributed by atoms with E-state index in [4.69, 9.17) is 23.2 Å². The minimum absolute atomic E-state index is 0.0213. The van der Waals surface area contributed by atoms with Crippen molar-refractivity contribution in [2.45, 2.75) is 25.0 Å². The number of benzene rings is 2. The Hall–Kier alpha value is -1.16. The predicted octanol–water partition coefficient (Wildman–Crippen LogP) is 5.35. The van der Waals surface area contributed by atoms with Crippen molar-refractivity contribution in [1.29, 1.82) is 0 Å². The van der Waals surface area contributed by atoms with Crippen molar-refractivity contribution in [1.82, 2.24) is 0 Å². The van der Waals surface area contributed by atoms with E-state index in [1.54, 1.807) is 17.8 Å². The molecule has 120 valence electrons. The van der Waals surface area contributed by atoms with Gasteiger partial charge < -0.3 is 5.32 Å². The average molecular weight is 366 g/mol. The van der Waals surface area contributed by atoms with Crippen LogP contribution in [0.2, 0.25) is 10.0 Å². The van der Waals surface area contributed by atoms with E-state index in [0.717, 1.165) is 29.8 Å². The summed E-state index contributed by atoms with van der Waals surface area (Å²) < 4.78 is 0. The minimum atomic E-state index is 0.0213. The number of amides is 1. The first-order chi connectivity index (χ1) is 11.1. The molecular formula is C18H17Cl2NOS. The van der Waals surface area contributed by atoms with Crippen molar-refractivity contribution in [3.63, 3.8) is 0 Å². The van der Waals surface area contributed by atoms with Crippen LogP contribution in [0.1, 0.15) is 23.1 Å². The number of hydrogen-bond acceptors (Lipinski definition) is 2. The minimum Gasteiger partial charge on any atom is -0.325 e. The highest BCUT2D eigenvalue weighted by Crippen LogP contribution is 2.26. The second kappa shape index (κ2) is 7.61. The van der Waals surface area contributed by atoms with Gasteiger partial charge in [0.25, 0.3) is 0 Å². The lowest BCUT2D eigenvalue weighted by Crippen LogP contribution is -2.14. The van der Waals surface area contributed by atoms with E-state index in [9.17, 15) is 4.79 Å². The first-order valence-corrected chi connectivity index (χ1v) is 9.46. The van der Waals surface area contributed by atoms with Crippen molar-refractivity contribution >= 4 is 46.6 Å². The SMILES string of the molecule is O=C(CSCc1ccc(Cl)c(Cl)c1)Nc1ccc2c(c1)CCC2. The van der Waals surface area contributed by atoms with E-state index < -0.39 is 0 Å². The summed E-state index contributed by atoms with van der Waals surface area (Å²) >= 11 is 13.4. The summed E-state index contributed by atoms with van der Waals surface area (Å²) in [7, 11) is 0. The van der Waals surface area contributed by atoms with Crippen LogP contribution >= 0.6 is 35.0 Å². The highest BCUT2D eigenvalue weighted by molar-refractivity contribution is 7.99. The quantitative estimate of drug-likeness (QED) is 0.772. The molecule has 23 heavy (non-hydrogen) atoms. The van der Waals surface area contributed by atoms with Crippen molar-refractivity contribution in [2.24, 2.45) is 0 Å². The Balaban J connectivity index is 1.49. The number of fused-ring (bicyclic) bond motifs is 1. The number of halogens is 2. The van der Waals surface area contributed by atoms with Crippen LogP contribution in [0.5, 0.6) is 0 Å². The van der Waals surface area contributed by atoms with E-state index in [2.05, 4.69) is 17.4 Å². The van der Waals surface area contributed by atoms with Gasteiger partial charge >= 0.3 is 0 Å². The van der Waals surface area contributed by atoms with Gasteiger partial charge in [-0.25, -0.2) is 0 Å². The number of carbonyl (C=O) groups excluding carboxylic acids is 1. The molecule has 2 aromatic carbocycles. The molecule has 0 aliphatic heterocycles. The van der Waals surface area contributed by atoms with Crippen LogP contribution in [0.25, 0.3) is 0 Å². The van der Waals surface area contributed by atoms with Crippen molar-refractivity contribution < 1.29 is 4.79 Å². The predicted molar refractivity (Wildman–Crippen MR) is 99.7 cm³/mol. The van der Waals surface area contributed by atoms with Gasteiger partial charge in [0, 0.05) is 11.4 Å². The number of carbonyl (C=O) groups is 1. The van der Waals surface area contributed by atoms with Gasteiger partial charge in [-0.3, -0.25) is 4.79 Å². The Labute approximate surface area is 150 Å². The number of rotatable bonds is 5.